The third-order valence-corrected chi connectivity index (χ3v) is 4.58. The van der Waals surface area contributed by atoms with Crippen molar-refractivity contribution in [3.63, 3.8) is 0 Å². The largest absolute Gasteiger partial charge is 0.315 e. The topological polar surface area (TPSA) is 89.1 Å². The van der Waals surface area contributed by atoms with E-state index in [1.165, 1.54) is 16.9 Å². The van der Waals surface area contributed by atoms with Gasteiger partial charge in [-0.15, -0.1) is 21.5 Å². The number of nitrogens with two attached hydrogens (primary N) is 1. The summed E-state index contributed by atoms with van der Waals surface area (Å²) in [7, 11) is 0. The maximum Gasteiger partial charge on any atom is 0.275 e. The molecule has 1 aliphatic rings. The molecule has 3 rings (SSSR count). The highest BCUT2D eigenvalue weighted by Crippen LogP contribution is 2.24. The van der Waals surface area contributed by atoms with E-state index in [0.29, 0.717) is 4.88 Å². The van der Waals surface area contributed by atoms with Crippen LogP contribution >= 0.6 is 11.3 Å². The molecule has 0 radical (unpaired) electrons. The summed E-state index contributed by atoms with van der Waals surface area (Å²) < 4.78 is 2.07. The van der Waals surface area contributed by atoms with Crippen LogP contribution in [0.4, 0.5) is 0 Å². The van der Waals surface area contributed by atoms with Gasteiger partial charge in [0.15, 0.2) is 0 Å². The summed E-state index contributed by atoms with van der Waals surface area (Å²) in [5, 5.41) is 8.03. The van der Waals surface area contributed by atoms with E-state index in [4.69, 9.17) is 5.84 Å². The number of aryl methyl sites for hydroxylation is 1. The van der Waals surface area contributed by atoms with Gasteiger partial charge in [-0.05, 0) is 18.6 Å². The zero-order valence-corrected chi connectivity index (χ0v) is 12.0. The minimum Gasteiger partial charge on any atom is -0.315 e. The minimum atomic E-state index is -0.234. The van der Waals surface area contributed by atoms with Crippen molar-refractivity contribution < 1.29 is 4.79 Å². The van der Waals surface area contributed by atoms with E-state index >= 15 is 0 Å². The Morgan fingerprint density at radius 1 is 1.55 bits per heavy atom. The SMILES string of the molecule is Cc1sc(C(=O)NN)cc1CN1CCn2cnnc2C1. The molecule has 7 nitrogen and oxygen atoms in total. The van der Waals surface area contributed by atoms with Crippen molar-refractivity contribution in [3.8, 4) is 0 Å². The van der Waals surface area contributed by atoms with E-state index in [1.807, 2.05) is 13.0 Å². The molecule has 1 amide bonds. The summed E-state index contributed by atoms with van der Waals surface area (Å²) in [6, 6.07) is 1.92. The molecule has 0 aliphatic carbocycles. The lowest BCUT2D eigenvalue weighted by Crippen LogP contribution is -2.33. The van der Waals surface area contributed by atoms with Crippen LogP contribution in [-0.4, -0.2) is 32.1 Å². The molecular formula is C12H16N6OS. The zero-order chi connectivity index (χ0) is 14.1. The molecule has 20 heavy (non-hydrogen) atoms. The molecule has 0 fully saturated rings. The fraction of sp³-hybridized carbons (Fsp3) is 0.417. The van der Waals surface area contributed by atoms with Crippen LogP contribution in [0.5, 0.6) is 0 Å². The molecule has 0 unspecified atom stereocenters. The standard InChI is InChI=1S/C12H16N6OS/c1-8-9(4-10(20-8)12(19)15-13)5-17-2-3-18-7-14-16-11(18)6-17/h4,7H,2-3,5-6,13H2,1H3,(H,15,19). The Labute approximate surface area is 120 Å². The molecule has 0 atom stereocenters. The number of rotatable bonds is 3. The molecule has 0 bridgehead atoms. The van der Waals surface area contributed by atoms with Gasteiger partial charge in [0, 0.05) is 24.5 Å². The Bertz CT molecular complexity index is 634. The van der Waals surface area contributed by atoms with Gasteiger partial charge in [-0.2, -0.15) is 0 Å². The molecule has 1 aliphatic heterocycles. The molecule has 2 aromatic rings. The summed E-state index contributed by atoms with van der Waals surface area (Å²) in [4.78, 5) is 15.6. The molecule has 106 valence electrons. The highest BCUT2D eigenvalue weighted by Gasteiger charge is 2.19. The molecule has 0 spiro atoms. The highest BCUT2D eigenvalue weighted by molar-refractivity contribution is 7.14. The summed E-state index contributed by atoms with van der Waals surface area (Å²) >= 11 is 1.47. The predicted octanol–water partition coefficient (Wildman–Crippen LogP) is 0.267. The van der Waals surface area contributed by atoms with Gasteiger partial charge in [0.05, 0.1) is 11.4 Å². The summed E-state index contributed by atoms with van der Waals surface area (Å²) in [5.74, 6) is 5.92. The van der Waals surface area contributed by atoms with Crippen LogP contribution in [0, 0.1) is 6.92 Å². The fourth-order valence-electron chi connectivity index (χ4n) is 2.35. The number of hydrazine groups is 1. The van der Waals surface area contributed by atoms with Crippen molar-refractivity contribution in [2.24, 2.45) is 5.84 Å². The number of carbonyl (C=O) groups is 1. The summed E-state index contributed by atoms with van der Waals surface area (Å²) in [6.07, 6.45) is 1.77. The first kappa shape index (κ1) is 13.2. The lowest BCUT2D eigenvalue weighted by molar-refractivity contribution is 0.0957. The normalized spacial score (nSPS) is 15.1. The van der Waals surface area contributed by atoms with Crippen LogP contribution in [0.15, 0.2) is 12.4 Å². The van der Waals surface area contributed by atoms with E-state index in [-0.39, 0.29) is 5.91 Å². The van der Waals surface area contributed by atoms with Gasteiger partial charge in [-0.25, -0.2) is 5.84 Å². The number of nitrogens with zero attached hydrogens (tertiary/aromatic N) is 4. The molecule has 0 saturated carbocycles. The van der Waals surface area contributed by atoms with Crippen LogP contribution in [-0.2, 0) is 19.6 Å². The second kappa shape index (κ2) is 5.31. The zero-order valence-electron chi connectivity index (χ0n) is 11.2. The van der Waals surface area contributed by atoms with Crippen molar-refractivity contribution >= 4 is 17.2 Å². The minimum absolute atomic E-state index is 0.234. The Morgan fingerprint density at radius 2 is 2.40 bits per heavy atom. The van der Waals surface area contributed by atoms with E-state index < -0.39 is 0 Å². The summed E-state index contributed by atoms with van der Waals surface area (Å²) in [6.45, 7) is 5.49. The number of hydrogen-bond acceptors (Lipinski definition) is 6. The average molecular weight is 292 g/mol. The second-order valence-electron chi connectivity index (χ2n) is 4.82. The highest BCUT2D eigenvalue weighted by atomic mass is 32.1. The number of nitrogens with one attached hydrogen (secondary N) is 1. The number of amides is 1. The van der Waals surface area contributed by atoms with E-state index in [0.717, 1.165) is 36.9 Å². The van der Waals surface area contributed by atoms with Crippen molar-refractivity contribution in [1.29, 1.82) is 0 Å². The van der Waals surface area contributed by atoms with E-state index in [9.17, 15) is 4.79 Å². The number of fused-ring (bicyclic) bond motifs is 1. The van der Waals surface area contributed by atoms with Gasteiger partial charge in [-0.3, -0.25) is 15.1 Å². The van der Waals surface area contributed by atoms with Crippen molar-refractivity contribution in [2.75, 3.05) is 6.54 Å². The van der Waals surface area contributed by atoms with Gasteiger partial charge in [-0.1, -0.05) is 0 Å². The Kier molecular flexibility index (Phi) is 3.51. The second-order valence-corrected chi connectivity index (χ2v) is 6.07. The van der Waals surface area contributed by atoms with Crippen LogP contribution in [0.25, 0.3) is 0 Å². The molecule has 8 heteroatoms. The van der Waals surface area contributed by atoms with Crippen molar-refractivity contribution in [1.82, 2.24) is 25.1 Å². The van der Waals surface area contributed by atoms with E-state index in [1.54, 1.807) is 6.33 Å². The summed E-state index contributed by atoms with van der Waals surface area (Å²) in [5.41, 5.74) is 3.34. The number of hydrogen-bond donors (Lipinski definition) is 2. The predicted molar refractivity (Wildman–Crippen MR) is 74.8 cm³/mol. The molecule has 2 aromatic heterocycles. The number of nitrogen functional groups attached to an aromatic ring is 1. The molecule has 3 N–H and O–H groups in total. The van der Waals surface area contributed by atoms with Gasteiger partial charge in [0.25, 0.3) is 5.91 Å². The van der Waals surface area contributed by atoms with Crippen molar-refractivity contribution in [3.05, 3.63) is 33.5 Å². The third-order valence-electron chi connectivity index (χ3n) is 3.49. The van der Waals surface area contributed by atoms with Gasteiger partial charge in [0.1, 0.15) is 12.2 Å². The molecule has 0 saturated heterocycles. The monoisotopic (exact) mass is 292 g/mol. The Balaban J connectivity index is 1.73. The third kappa shape index (κ3) is 2.45. The quantitative estimate of drug-likeness (QED) is 0.481. The lowest BCUT2D eigenvalue weighted by atomic mass is 10.2. The average Bonchev–Trinajstić information content (AvgIpc) is 3.05. The van der Waals surface area contributed by atoms with Crippen molar-refractivity contribution in [2.45, 2.75) is 26.6 Å². The number of carbonyl (C=O) groups excluding carboxylic acids is 1. The van der Waals surface area contributed by atoms with Crippen LogP contribution in [0.1, 0.15) is 25.9 Å². The first-order valence-electron chi connectivity index (χ1n) is 6.36. The smallest absolute Gasteiger partial charge is 0.275 e. The van der Waals surface area contributed by atoms with Gasteiger partial charge >= 0.3 is 0 Å². The molecule has 3 heterocycles. The maximum absolute atomic E-state index is 11.5. The molecule has 0 aromatic carbocycles. The lowest BCUT2D eigenvalue weighted by Gasteiger charge is -2.26. The Hall–Kier alpha value is -1.77. The number of aromatic nitrogens is 3. The molecular weight excluding hydrogens is 276 g/mol. The van der Waals surface area contributed by atoms with Crippen LogP contribution in [0.3, 0.4) is 0 Å². The fourth-order valence-corrected chi connectivity index (χ4v) is 3.29. The maximum atomic E-state index is 11.5. The van der Waals surface area contributed by atoms with Crippen LogP contribution in [0.2, 0.25) is 0 Å². The van der Waals surface area contributed by atoms with Gasteiger partial charge < -0.3 is 4.57 Å². The van der Waals surface area contributed by atoms with Gasteiger partial charge in [0.2, 0.25) is 0 Å². The van der Waals surface area contributed by atoms with Crippen LogP contribution < -0.4 is 11.3 Å². The Morgan fingerprint density at radius 3 is 3.20 bits per heavy atom. The first-order chi connectivity index (χ1) is 9.67. The van der Waals surface area contributed by atoms with E-state index in [2.05, 4.69) is 25.1 Å². The first-order valence-corrected chi connectivity index (χ1v) is 7.18. The number of thiophene rings is 1.